The third-order valence-electron chi connectivity index (χ3n) is 6.68. The van der Waals surface area contributed by atoms with Crippen molar-refractivity contribution in [3.63, 3.8) is 0 Å². The highest BCUT2D eigenvalue weighted by atomic mass is 16.3. The Morgan fingerprint density at radius 2 is 1.70 bits per heavy atom. The maximum Gasteiger partial charge on any atom is 0.136 e. The van der Waals surface area contributed by atoms with Crippen LogP contribution in [0.5, 0.6) is 0 Å². The molecule has 1 aliphatic heterocycles. The van der Waals surface area contributed by atoms with E-state index in [2.05, 4.69) is 47.4 Å². The third-order valence-corrected chi connectivity index (χ3v) is 6.68. The molecule has 0 spiro atoms. The number of hydrogen-bond acceptors (Lipinski definition) is 3. The van der Waals surface area contributed by atoms with Gasteiger partial charge in [-0.2, -0.15) is 0 Å². The van der Waals surface area contributed by atoms with Crippen molar-refractivity contribution in [2.45, 2.75) is 43.7 Å². The van der Waals surface area contributed by atoms with Crippen LogP contribution in [0.25, 0.3) is 10.8 Å². The third kappa shape index (κ3) is 2.72. The van der Waals surface area contributed by atoms with Crippen LogP contribution in [0.1, 0.15) is 37.7 Å². The van der Waals surface area contributed by atoms with E-state index in [1.54, 1.807) is 0 Å². The average Bonchev–Trinajstić information content (AvgIpc) is 2.75. The lowest BCUT2D eigenvalue weighted by Gasteiger charge is -2.53. The van der Waals surface area contributed by atoms with Crippen molar-refractivity contribution in [1.29, 1.82) is 0 Å². The van der Waals surface area contributed by atoms with Crippen molar-refractivity contribution < 1.29 is 5.11 Å². The summed E-state index contributed by atoms with van der Waals surface area (Å²) in [4.78, 5) is 7.28. The highest BCUT2D eigenvalue weighted by Gasteiger charge is 2.49. The summed E-state index contributed by atoms with van der Waals surface area (Å²) in [5.74, 6) is 1.34. The molecule has 0 amide bonds. The first-order chi connectivity index (χ1) is 13.3. The van der Waals surface area contributed by atoms with Gasteiger partial charge in [-0.1, -0.05) is 67.4 Å². The Bertz CT molecular complexity index is 936. The van der Waals surface area contributed by atoms with Crippen LogP contribution in [0.3, 0.4) is 0 Å². The Balaban J connectivity index is 1.57. The molecule has 5 rings (SSSR count). The standard InChI is InChI=1S/C24H26N2O/c27-24(19-9-2-1-3-10-19)15-17-26(22-13-7-6-12-21(22)24)23-20-11-5-4-8-18(20)14-16-25-23/h1-5,8-11,14,16,21-22,27H,6-7,12-13,15,17H2. The molecule has 1 N–H and O–H groups in total. The molecule has 1 saturated carbocycles. The number of rotatable bonds is 2. The van der Waals surface area contributed by atoms with E-state index in [1.165, 1.54) is 23.6 Å². The zero-order valence-corrected chi connectivity index (χ0v) is 15.6. The van der Waals surface area contributed by atoms with Crippen LogP contribution >= 0.6 is 0 Å². The fourth-order valence-corrected chi connectivity index (χ4v) is 5.36. The molecule has 2 heterocycles. The van der Waals surface area contributed by atoms with E-state index in [4.69, 9.17) is 4.98 Å². The van der Waals surface area contributed by atoms with E-state index in [-0.39, 0.29) is 5.92 Å². The summed E-state index contributed by atoms with van der Waals surface area (Å²) in [6.07, 6.45) is 7.32. The van der Waals surface area contributed by atoms with Gasteiger partial charge in [0.15, 0.2) is 0 Å². The minimum absolute atomic E-state index is 0.253. The molecular weight excluding hydrogens is 332 g/mol. The summed E-state index contributed by atoms with van der Waals surface area (Å²) < 4.78 is 0. The summed E-state index contributed by atoms with van der Waals surface area (Å²) in [7, 11) is 0. The number of hydrogen-bond donors (Lipinski definition) is 1. The number of anilines is 1. The van der Waals surface area contributed by atoms with E-state index < -0.39 is 5.60 Å². The molecule has 1 saturated heterocycles. The van der Waals surface area contributed by atoms with Crippen molar-refractivity contribution in [1.82, 2.24) is 4.98 Å². The second-order valence-electron chi connectivity index (χ2n) is 8.05. The predicted octanol–water partition coefficient (Wildman–Crippen LogP) is 4.89. The van der Waals surface area contributed by atoms with Crippen LogP contribution < -0.4 is 4.90 Å². The number of fused-ring (bicyclic) bond motifs is 2. The fourth-order valence-electron chi connectivity index (χ4n) is 5.36. The number of nitrogens with zero attached hydrogens (tertiary/aromatic N) is 2. The van der Waals surface area contributed by atoms with Gasteiger partial charge in [0.1, 0.15) is 5.82 Å². The van der Waals surface area contributed by atoms with Crippen molar-refractivity contribution >= 4 is 16.6 Å². The largest absolute Gasteiger partial charge is 0.385 e. The van der Waals surface area contributed by atoms with E-state index >= 15 is 0 Å². The smallest absolute Gasteiger partial charge is 0.136 e. The number of aromatic nitrogens is 1. The van der Waals surface area contributed by atoms with Gasteiger partial charge in [0.05, 0.1) is 5.60 Å². The molecule has 0 radical (unpaired) electrons. The summed E-state index contributed by atoms with van der Waals surface area (Å²) in [5, 5.41) is 14.2. The Hall–Kier alpha value is -2.39. The first kappa shape index (κ1) is 16.8. The molecule has 3 aromatic rings. The number of piperidine rings is 1. The van der Waals surface area contributed by atoms with E-state index in [0.29, 0.717) is 6.04 Å². The quantitative estimate of drug-likeness (QED) is 0.708. The van der Waals surface area contributed by atoms with Gasteiger partial charge in [-0.3, -0.25) is 0 Å². The van der Waals surface area contributed by atoms with Crippen molar-refractivity contribution in [2.75, 3.05) is 11.4 Å². The van der Waals surface area contributed by atoms with Crippen LogP contribution in [0, 0.1) is 5.92 Å². The predicted molar refractivity (Wildman–Crippen MR) is 110 cm³/mol. The fraction of sp³-hybridized carbons (Fsp3) is 0.375. The zero-order valence-electron chi connectivity index (χ0n) is 15.6. The molecule has 3 heteroatoms. The average molecular weight is 358 g/mol. The highest BCUT2D eigenvalue weighted by molar-refractivity contribution is 5.92. The number of aliphatic hydroxyl groups is 1. The Kier molecular flexibility index (Phi) is 4.13. The molecule has 0 bridgehead atoms. The summed E-state index contributed by atoms with van der Waals surface area (Å²) in [6, 6.07) is 21.2. The number of benzene rings is 2. The van der Waals surface area contributed by atoms with Crippen molar-refractivity contribution in [2.24, 2.45) is 5.92 Å². The molecule has 138 valence electrons. The Morgan fingerprint density at radius 3 is 2.59 bits per heavy atom. The maximum atomic E-state index is 11.8. The van der Waals surface area contributed by atoms with Gasteiger partial charge in [0.25, 0.3) is 0 Å². The van der Waals surface area contributed by atoms with Gasteiger partial charge in [-0.05, 0) is 36.3 Å². The molecule has 3 unspecified atom stereocenters. The summed E-state index contributed by atoms with van der Waals surface area (Å²) in [5.41, 5.74) is 0.348. The van der Waals surface area contributed by atoms with Gasteiger partial charge < -0.3 is 10.0 Å². The second-order valence-corrected chi connectivity index (χ2v) is 8.05. The van der Waals surface area contributed by atoms with Crippen LogP contribution in [0.15, 0.2) is 66.9 Å². The van der Waals surface area contributed by atoms with E-state index in [9.17, 15) is 5.11 Å². The van der Waals surface area contributed by atoms with Crippen LogP contribution in [-0.4, -0.2) is 22.7 Å². The van der Waals surface area contributed by atoms with Gasteiger partial charge in [-0.15, -0.1) is 0 Å². The molecule has 2 aliphatic rings. The minimum Gasteiger partial charge on any atom is -0.385 e. The lowest BCUT2D eigenvalue weighted by atomic mass is 9.66. The van der Waals surface area contributed by atoms with Gasteiger partial charge in [-0.25, -0.2) is 4.98 Å². The molecule has 1 aliphatic carbocycles. The van der Waals surface area contributed by atoms with Gasteiger partial charge in [0, 0.05) is 30.1 Å². The molecule has 27 heavy (non-hydrogen) atoms. The first-order valence-corrected chi connectivity index (χ1v) is 10.2. The molecule has 3 nitrogen and oxygen atoms in total. The minimum atomic E-state index is -0.729. The summed E-state index contributed by atoms with van der Waals surface area (Å²) >= 11 is 0. The number of pyridine rings is 1. The highest BCUT2D eigenvalue weighted by Crippen LogP contribution is 2.48. The van der Waals surface area contributed by atoms with Gasteiger partial charge in [0.2, 0.25) is 0 Å². The van der Waals surface area contributed by atoms with Crippen molar-refractivity contribution in [3.8, 4) is 0 Å². The summed E-state index contributed by atoms with van der Waals surface area (Å²) in [6.45, 7) is 0.841. The molecule has 3 atom stereocenters. The molecule has 2 fully saturated rings. The van der Waals surface area contributed by atoms with Crippen molar-refractivity contribution in [3.05, 3.63) is 72.4 Å². The lowest BCUT2D eigenvalue weighted by molar-refractivity contribution is -0.0690. The van der Waals surface area contributed by atoms with Crippen LogP contribution in [0.4, 0.5) is 5.82 Å². The van der Waals surface area contributed by atoms with Crippen LogP contribution in [0.2, 0.25) is 0 Å². The van der Waals surface area contributed by atoms with Crippen LogP contribution in [-0.2, 0) is 5.60 Å². The van der Waals surface area contributed by atoms with E-state index in [1.807, 2.05) is 24.4 Å². The second kappa shape index (κ2) is 6.65. The maximum absolute atomic E-state index is 11.8. The monoisotopic (exact) mass is 358 g/mol. The normalized spacial score (nSPS) is 28.1. The molecule has 1 aromatic heterocycles. The molecule has 2 aromatic carbocycles. The topological polar surface area (TPSA) is 36.4 Å². The van der Waals surface area contributed by atoms with Gasteiger partial charge >= 0.3 is 0 Å². The first-order valence-electron chi connectivity index (χ1n) is 10.2. The Morgan fingerprint density at radius 1 is 0.926 bits per heavy atom. The van der Waals surface area contributed by atoms with E-state index in [0.717, 1.165) is 37.2 Å². The lowest BCUT2D eigenvalue weighted by Crippen LogP contribution is -2.57. The SMILES string of the molecule is OC1(c2ccccc2)CCN(c2nccc3ccccc23)C2CCCCC21. The zero-order chi connectivity index (χ0) is 18.3. The Labute approximate surface area is 160 Å². The molecular formula is C24H26N2O.